The Morgan fingerprint density at radius 1 is 1.16 bits per heavy atom. The standard InChI is InChI=1S/C13H14Cl3N3/c1-7(2)19-13(11(16)6-18-19)12(17)9-4-3-8(14)5-10(9)15/h3-7,12H,17H2,1-2H3. The summed E-state index contributed by atoms with van der Waals surface area (Å²) in [5.74, 6) is 0. The number of nitrogens with two attached hydrogens (primary N) is 1. The molecule has 0 aliphatic carbocycles. The van der Waals surface area contributed by atoms with Gasteiger partial charge in [-0.2, -0.15) is 5.10 Å². The molecule has 0 fully saturated rings. The number of aromatic nitrogens is 2. The van der Waals surface area contributed by atoms with E-state index in [1.54, 1.807) is 23.0 Å². The molecule has 0 spiro atoms. The van der Waals surface area contributed by atoms with Gasteiger partial charge in [-0.25, -0.2) is 0 Å². The van der Waals surface area contributed by atoms with E-state index < -0.39 is 6.04 Å². The molecule has 0 bridgehead atoms. The molecule has 0 amide bonds. The van der Waals surface area contributed by atoms with Gasteiger partial charge in [-0.15, -0.1) is 0 Å². The quantitative estimate of drug-likeness (QED) is 0.907. The van der Waals surface area contributed by atoms with Gasteiger partial charge >= 0.3 is 0 Å². The third-order valence-corrected chi connectivity index (χ3v) is 3.72. The van der Waals surface area contributed by atoms with E-state index in [4.69, 9.17) is 40.5 Å². The summed E-state index contributed by atoms with van der Waals surface area (Å²) in [6, 6.07) is 4.96. The van der Waals surface area contributed by atoms with Gasteiger partial charge < -0.3 is 5.73 Å². The van der Waals surface area contributed by atoms with Crippen molar-refractivity contribution in [1.29, 1.82) is 0 Å². The van der Waals surface area contributed by atoms with E-state index in [0.717, 1.165) is 11.3 Å². The van der Waals surface area contributed by atoms with E-state index in [1.807, 2.05) is 19.9 Å². The highest BCUT2D eigenvalue weighted by Crippen LogP contribution is 2.33. The van der Waals surface area contributed by atoms with Gasteiger partial charge in [-0.05, 0) is 31.5 Å². The van der Waals surface area contributed by atoms with Crippen LogP contribution < -0.4 is 5.73 Å². The lowest BCUT2D eigenvalue weighted by atomic mass is 10.0. The van der Waals surface area contributed by atoms with Crippen LogP contribution in [0.4, 0.5) is 0 Å². The molecule has 0 radical (unpaired) electrons. The van der Waals surface area contributed by atoms with Crippen LogP contribution >= 0.6 is 34.8 Å². The van der Waals surface area contributed by atoms with E-state index in [1.165, 1.54) is 0 Å². The monoisotopic (exact) mass is 317 g/mol. The maximum atomic E-state index is 6.28. The molecule has 1 aromatic heterocycles. The molecule has 1 unspecified atom stereocenters. The molecular weight excluding hydrogens is 305 g/mol. The summed E-state index contributed by atoms with van der Waals surface area (Å²) in [7, 11) is 0. The third kappa shape index (κ3) is 2.90. The zero-order valence-corrected chi connectivity index (χ0v) is 12.8. The van der Waals surface area contributed by atoms with Gasteiger partial charge in [-0.1, -0.05) is 40.9 Å². The summed E-state index contributed by atoms with van der Waals surface area (Å²) in [4.78, 5) is 0. The minimum absolute atomic E-state index is 0.166. The van der Waals surface area contributed by atoms with Gasteiger partial charge in [0, 0.05) is 16.1 Å². The van der Waals surface area contributed by atoms with Gasteiger partial charge in [0.1, 0.15) is 0 Å². The van der Waals surface area contributed by atoms with Crippen molar-refractivity contribution in [1.82, 2.24) is 9.78 Å². The molecule has 0 saturated heterocycles. The van der Waals surface area contributed by atoms with E-state index >= 15 is 0 Å². The number of rotatable bonds is 3. The first-order valence-corrected chi connectivity index (χ1v) is 6.98. The number of nitrogens with zero attached hydrogens (tertiary/aromatic N) is 2. The van der Waals surface area contributed by atoms with Crippen LogP contribution in [0.25, 0.3) is 0 Å². The van der Waals surface area contributed by atoms with Crippen LogP contribution in [0.15, 0.2) is 24.4 Å². The molecular formula is C13H14Cl3N3. The van der Waals surface area contributed by atoms with Crippen molar-refractivity contribution in [2.75, 3.05) is 0 Å². The van der Waals surface area contributed by atoms with E-state index in [9.17, 15) is 0 Å². The normalized spacial score (nSPS) is 13.0. The Hall–Kier alpha value is -0.740. The maximum absolute atomic E-state index is 6.28. The van der Waals surface area contributed by atoms with Gasteiger partial charge in [-0.3, -0.25) is 4.68 Å². The van der Waals surface area contributed by atoms with Gasteiger partial charge in [0.2, 0.25) is 0 Å². The molecule has 1 aromatic carbocycles. The van der Waals surface area contributed by atoms with Crippen LogP contribution in [0.2, 0.25) is 15.1 Å². The SMILES string of the molecule is CC(C)n1ncc(Cl)c1C(N)c1ccc(Cl)cc1Cl. The van der Waals surface area contributed by atoms with Crippen LogP contribution in [0.3, 0.4) is 0 Å². The molecule has 1 atom stereocenters. The number of hydrogen-bond acceptors (Lipinski definition) is 2. The van der Waals surface area contributed by atoms with Crippen molar-refractivity contribution >= 4 is 34.8 Å². The maximum Gasteiger partial charge on any atom is 0.0837 e. The first-order valence-electron chi connectivity index (χ1n) is 5.85. The molecule has 3 nitrogen and oxygen atoms in total. The second-order valence-corrected chi connectivity index (χ2v) is 5.81. The Morgan fingerprint density at radius 2 is 1.84 bits per heavy atom. The van der Waals surface area contributed by atoms with Crippen molar-refractivity contribution in [3.05, 3.63) is 50.7 Å². The lowest BCUT2D eigenvalue weighted by Gasteiger charge is -2.18. The Kier molecular flexibility index (Phi) is 4.41. The molecule has 0 saturated carbocycles. The largest absolute Gasteiger partial charge is 0.319 e. The van der Waals surface area contributed by atoms with E-state index in [2.05, 4.69) is 5.10 Å². The zero-order valence-electron chi connectivity index (χ0n) is 10.6. The van der Waals surface area contributed by atoms with Crippen molar-refractivity contribution in [3.63, 3.8) is 0 Å². The highest BCUT2D eigenvalue weighted by atomic mass is 35.5. The third-order valence-electron chi connectivity index (χ3n) is 2.87. The fraction of sp³-hybridized carbons (Fsp3) is 0.308. The number of halogens is 3. The molecule has 2 aromatic rings. The average Bonchev–Trinajstić information content (AvgIpc) is 2.70. The topological polar surface area (TPSA) is 43.8 Å². The van der Waals surface area contributed by atoms with Crippen molar-refractivity contribution in [2.24, 2.45) is 5.73 Å². The van der Waals surface area contributed by atoms with Crippen molar-refractivity contribution in [2.45, 2.75) is 25.9 Å². The molecule has 0 aliphatic rings. The number of hydrogen-bond donors (Lipinski definition) is 1. The Balaban J connectivity index is 2.49. The summed E-state index contributed by atoms with van der Waals surface area (Å²) in [5.41, 5.74) is 7.80. The Morgan fingerprint density at radius 3 is 2.42 bits per heavy atom. The lowest BCUT2D eigenvalue weighted by Crippen LogP contribution is -2.19. The van der Waals surface area contributed by atoms with Crippen molar-refractivity contribution < 1.29 is 0 Å². The molecule has 2 rings (SSSR count). The second-order valence-electron chi connectivity index (χ2n) is 4.56. The summed E-state index contributed by atoms with van der Waals surface area (Å²) in [6.07, 6.45) is 1.60. The lowest BCUT2D eigenvalue weighted by molar-refractivity contribution is 0.499. The first-order chi connectivity index (χ1) is 8.91. The van der Waals surface area contributed by atoms with E-state index in [-0.39, 0.29) is 6.04 Å². The minimum Gasteiger partial charge on any atom is -0.319 e. The molecule has 1 heterocycles. The fourth-order valence-corrected chi connectivity index (χ4v) is 2.73. The van der Waals surface area contributed by atoms with Crippen LogP contribution in [0.1, 0.15) is 37.2 Å². The predicted octanol–water partition coefficient (Wildman–Crippen LogP) is 4.47. The Bertz CT molecular complexity index is 593. The Labute approximate surface area is 127 Å². The average molecular weight is 319 g/mol. The van der Waals surface area contributed by atoms with Crippen LogP contribution in [-0.4, -0.2) is 9.78 Å². The minimum atomic E-state index is -0.442. The summed E-state index contributed by atoms with van der Waals surface area (Å²) < 4.78 is 1.80. The first kappa shape index (κ1) is 14.7. The summed E-state index contributed by atoms with van der Waals surface area (Å²) >= 11 is 18.3. The van der Waals surface area contributed by atoms with Gasteiger partial charge in [0.25, 0.3) is 0 Å². The van der Waals surface area contributed by atoms with Crippen molar-refractivity contribution in [3.8, 4) is 0 Å². The molecule has 6 heteroatoms. The fourth-order valence-electron chi connectivity index (χ4n) is 1.95. The van der Waals surface area contributed by atoms with Gasteiger partial charge in [0.15, 0.2) is 0 Å². The predicted molar refractivity (Wildman–Crippen MR) is 80.1 cm³/mol. The molecule has 102 valence electrons. The van der Waals surface area contributed by atoms with Crippen LogP contribution in [0, 0.1) is 0 Å². The number of benzene rings is 1. The molecule has 0 aliphatic heterocycles. The smallest absolute Gasteiger partial charge is 0.0837 e. The highest BCUT2D eigenvalue weighted by molar-refractivity contribution is 6.35. The molecule has 19 heavy (non-hydrogen) atoms. The summed E-state index contributed by atoms with van der Waals surface area (Å²) in [5, 5.41) is 5.87. The highest BCUT2D eigenvalue weighted by Gasteiger charge is 2.21. The van der Waals surface area contributed by atoms with Crippen LogP contribution in [-0.2, 0) is 0 Å². The zero-order chi connectivity index (χ0) is 14.2. The van der Waals surface area contributed by atoms with E-state index in [0.29, 0.717) is 15.1 Å². The second kappa shape index (κ2) is 5.71. The van der Waals surface area contributed by atoms with Crippen LogP contribution in [0.5, 0.6) is 0 Å². The van der Waals surface area contributed by atoms with Gasteiger partial charge in [0.05, 0.1) is 23.0 Å². The summed E-state index contributed by atoms with van der Waals surface area (Å²) in [6.45, 7) is 4.03. The molecule has 2 N–H and O–H groups in total.